The molecule has 0 fully saturated rings. The number of nitrogens with one attached hydrogen (secondary N) is 1. The van der Waals surface area contributed by atoms with E-state index in [2.05, 4.69) is 57.8 Å². The van der Waals surface area contributed by atoms with E-state index in [-0.39, 0.29) is 24.8 Å². The van der Waals surface area contributed by atoms with Gasteiger partial charge < -0.3 is 5.32 Å². The van der Waals surface area contributed by atoms with Crippen LogP contribution in [0.3, 0.4) is 0 Å². The average molecular weight is 368 g/mol. The topological polar surface area (TPSA) is 29.9 Å². The first-order valence-electron chi connectivity index (χ1n) is 7.29. The van der Waals surface area contributed by atoms with Gasteiger partial charge in [0.15, 0.2) is 0 Å². The van der Waals surface area contributed by atoms with Gasteiger partial charge in [0, 0.05) is 30.8 Å². The van der Waals surface area contributed by atoms with Gasteiger partial charge in [-0.3, -0.25) is 4.68 Å². The number of fused-ring (bicyclic) bond motifs is 1. The van der Waals surface area contributed by atoms with E-state index in [9.17, 15) is 0 Å². The predicted molar refractivity (Wildman–Crippen MR) is 101 cm³/mol. The number of hydrogen-bond donors (Lipinski definition) is 1. The monoisotopic (exact) mass is 367 g/mol. The normalized spacial score (nSPS) is 12.9. The van der Waals surface area contributed by atoms with Crippen molar-refractivity contribution in [2.75, 3.05) is 6.54 Å². The lowest BCUT2D eigenvalue weighted by Gasteiger charge is -2.15. The van der Waals surface area contributed by atoms with Crippen LogP contribution in [0.1, 0.15) is 16.8 Å². The van der Waals surface area contributed by atoms with Gasteiger partial charge in [0.25, 0.3) is 0 Å². The fourth-order valence-electron chi connectivity index (χ4n) is 2.92. The molecule has 2 aromatic heterocycles. The molecule has 122 valence electrons. The molecule has 1 aliphatic rings. The molecule has 6 heteroatoms. The molecule has 0 radical (unpaired) electrons. The molecule has 1 aliphatic heterocycles. The Morgan fingerprint density at radius 2 is 1.91 bits per heavy atom. The second kappa shape index (κ2) is 7.97. The minimum absolute atomic E-state index is 0. The van der Waals surface area contributed by atoms with Crippen molar-refractivity contribution < 1.29 is 0 Å². The number of rotatable bonds is 3. The second-order valence-electron chi connectivity index (χ2n) is 5.32. The van der Waals surface area contributed by atoms with Crippen molar-refractivity contribution in [3.63, 3.8) is 0 Å². The SMILES string of the molecule is Cl.Cl.c1ccc(Cn2nc(-c3cccs3)c3c2CCNC3)cc1. The molecular formula is C17H19Cl2N3S. The van der Waals surface area contributed by atoms with E-state index in [0.29, 0.717) is 0 Å². The molecule has 3 nitrogen and oxygen atoms in total. The molecule has 0 bridgehead atoms. The Kier molecular flexibility index (Phi) is 6.25. The van der Waals surface area contributed by atoms with Crippen LogP contribution in [-0.4, -0.2) is 16.3 Å². The average Bonchev–Trinajstić information content (AvgIpc) is 3.17. The van der Waals surface area contributed by atoms with Crippen LogP contribution in [0.5, 0.6) is 0 Å². The number of benzene rings is 1. The highest BCUT2D eigenvalue weighted by Crippen LogP contribution is 2.31. The van der Waals surface area contributed by atoms with Crippen molar-refractivity contribution in [1.82, 2.24) is 15.1 Å². The van der Waals surface area contributed by atoms with Crippen LogP contribution in [0, 0.1) is 0 Å². The lowest BCUT2D eigenvalue weighted by atomic mass is 10.1. The molecule has 1 N–H and O–H groups in total. The largest absolute Gasteiger partial charge is 0.312 e. The minimum Gasteiger partial charge on any atom is -0.312 e. The number of thiophene rings is 1. The summed E-state index contributed by atoms with van der Waals surface area (Å²) in [5.74, 6) is 0. The molecule has 23 heavy (non-hydrogen) atoms. The fourth-order valence-corrected chi connectivity index (χ4v) is 3.65. The third-order valence-corrected chi connectivity index (χ3v) is 4.81. The van der Waals surface area contributed by atoms with Gasteiger partial charge in [-0.05, 0) is 17.0 Å². The lowest BCUT2D eigenvalue weighted by Crippen LogP contribution is -2.25. The van der Waals surface area contributed by atoms with Gasteiger partial charge in [-0.15, -0.1) is 36.2 Å². The van der Waals surface area contributed by atoms with Gasteiger partial charge in [0.05, 0.1) is 11.4 Å². The number of aromatic nitrogens is 2. The number of halogens is 2. The summed E-state index contributed by atoms with van der Waals surface area (Å²) < 4.78 is 2.19. The summed E-state index contributed by atoms with van der Waals surface area (Å²) in [6, 6.07) is 14.8. The fraction of sp³-hybridized carbons (Fsp3) is 0.235. The Morgan fingerprint density at radius 1 is 1.09 bits per heavy atom. The van der Waals surface area contributed by atoms with Crippen LogP contribution in [-0.2, 0) is 19.5 Å². The van der Waals surface area contributed by atoms with Crippen molar-refractivity contribution in [2.24, 2.45) is 0 Å². The quantitative estimate of drug-likeness (QED) is 0.753. The predicted octanol–water partition coefficient (Wildman–Crippen LogP) is 4.15. The number of hydrogen-bond acceptors (Lipinski definition) is 3. The van der Waals surface area contributed by atoms with Crippen LogP contribution < -0.4 is 5.32 Å². The zero-order valence-electron chi connectivity index (χ0n) is 12.6. The van der Waals surface area contributed by atoms with Crippen molar-refractivity contribution in [1.29, 1.82) is 0 Å². The van der Waals surface area contributed by atoms with Crippen LogP contribution in [0.25, 0.3) is 10.6 Å². The zero-order chi connectivity index (χ0) is 14.1. The molecule has 0 spiro atoms. The van der Waals surface area contributed by atoms with Crippen LogP contribution in [0.4, 0.5) is 0 Å². The first-order chi connectivity index (χ1) is 10.4. The van der Waals surface area contributed by atoms with Gasteiger partial charge in [0.1, 0.15) is 5.69 Å². The summed E-state index contributed by atoms with van der Waals surface area (Å²) in [6.45, 7) is 2.82. The lowest BCUT2D eigenvalue weighted by molar-refractivity contribution is 0.582. The maximum absolute atomic E-state index is 4.92. The van der Waals surface area contributed by atoms with E-state index < -0.39 is 0 Å². The van der Waals surface area contributed by atoms with E-state index in [1.165, 1.54) is 21.7 Å². The molecule has 0 atom stereocenters. The molecule has 3 aromatic rings. The van der Waals surface area contributed by atoms with Crippen LogP contribution in [0.15, 0.2) is 47.8 Å². The van der Waals surface area contributed by atoms with E-state index >= 15 is 0 Å². The summed E-state index contributed by atoms with van der Waals surface area (Å²) in [5, 5.41) is 10.5. The second-order valence-corrected chi connectivity index (χ2v) is 6.27. The first-order valence-corrected chi connectivity index (χ1v) is 8.17. The highest BCUT2D eigenvalue weighted by atomic mass is 35.5. The third-order valence-electron chi connectivity index (χ3n) is 3.94. The highest BCUT2D eigenvalue weighted by molar-refractivity contribution is 7.13. The summed E-state index contributed by atoms with van der Waals surface area (Å²) in [4.78, 5) is 1.27. The Bertz CT molecular complexity index is 739. The highest BCUT2D eigenvalue weighted by Gasteiger charge is 2.21. The van der Waals surface area contributed by atoms with Gasteiger partial charge in [-0.1, -0.05) is 36.4 Å². The summed E-state index contributed by atoms with van der Waals surface area (Å²) >= 11 is 1.76. The first kappa shape index (κ1) is 18.0. The Balaban J connectivity index is 0.000000960. The van der Waals surface area contributed by atoms with E-state index in [0.717, 1.165) is 31.7 Å². The van der Waals surface area contributed by atoms with E-state index in [4.69, 9.17) is 5.10 Å². The Morgan fingerprint density at radius 3 is 2.65 bits per heavy atom. The summed E-state index contributed by atoms with van der Waals surface area (Å²) in [5.41, 5.74) is 5.22. The van der Waals surface area contributed by atoms with Gasteiger partial charge in [0.2, 0.25) is 0 Å². The third kappa shape index (κ3) is 3.61. The van der Waals surface area contributed by atoms with Crippen molar-refractivity contribution in [3.05, 3.63) is 64.7 Å². The maximum atomic E-state index is 4.92. The minimum atomic E-state index is 0. The van der Waals surface area contributed by atoms with Gasteiger partial charge >= 0.3 is 0 Å². The van der Waals surface area contributed by atoms with Crippen molar-refractivity contribution in [3.8, 4) is 10.6 Å². The molecule has 0 saturated heterocycles. The smallest absolute Gasteiger partial charge is 0.107 e. The molecule has 0 unspecified atom stereocenters. The van der Waals surface area contributed by atoms with Crippen LogP contribution >= 0.6 is 36.2 Å². The van der Waals surface area contributed by atoms with Gasteiger partial charge in [-0.25, -0.2) is 0 Å². The molecular weight excluding hydrogens is 349 g/mol. The van der Waals surface area contributed by atoms with E-state index in [1.807, 2.05) is 0 Å². The molecule has 0 aliphatic carbocycles. The summed E-state index contributed by atoms with van der Waals surface area (Å²) in [7, 11) is 0. The van der Waals surface area contributed by atoms with Crippen molar-refractivity contribution >= 4 is 36.2 Å². The molecule has 4 rings (SSSR count). The Labute approximate surface area is 152 Å². The Hall–Kier alpha value is -1.33. The van der Waals surface area contributed by atoms with Crippen molar-refractivity contribution in [2.45, 2.75) is 19.5 Å². The molecule has 1 aromatic carbocycles. The number of nitrogens with zero attached hydrogens (tertiary/aromatic N) is 2. The molecule has 0 amide bonds. The molecule has 0 saturated carbocycles. The maximum Gasteiger partial charge on any atom is 0.107 e. The standard InChI is InChI=1S/C17H17N3S.2ClH/c1-2-5-13(6-3-1)12-20-15-8-9-18-11-14(15)17(19-20)16-7-4-10-21-16;;/h1-7,10,18H,8-9,11-12H2;2*1H. The summed E-state index contributed by atoms with van der Waals surface area (Å²) in [6.07, 6.45) is 1.06. The van der Waals surface area contributed by atoms with Gasteiger partial charge in [-0.2, -0.15) is 5.10 Å². The van der Waals surface area contributed by atoms with Crippen LogP contribution in [0.2, 0.25) is 0 Å². The molecule has 3 heterocycles. The zero-order valence-corrected chi connectivity index (χ0v) is 15.0. The van der Waals surface area contributed by atoms with E-state index in [1.54, 1.807) is 11.3 Å².